The van der Waals surface area contributed by atoms with E-state index >= 15 is 0 Å². The lowest BCUT2D eigenvalue weighted by Gasteiger charge is -2.29. The predicted molar refractivity (Wildman–Crippen MR) is 73.8 cm³/mol. The lowest BCUT2D eigenvalue weighted by atomic mass is 9.82. The number of hydrogen-bond acceptors (Lipinski definition) is 2. The zero-order valence-electron chi connectivity index (χ0n) is 12.2. The van der Waals surface area contributed by atoms with E-state index in [-0.39, 0.29) is 5.41 Å². The Balaban J connectivity index is 2.46. The van der Waals surface area contributed by atoms with Crippen LogP contribution >= 0.6 is 0 Å². The Bertz CT molecular complexity index is 423. The molecule has 1 saturated heterocycles. The predicted octanol–water partition coefficient (Wildman–Crippen LogP) is 3.90. The summed E-state index contributed by atoms with van der Waals surface area (Å²) in [5, 5.41) is 0. The van der Waals surface area contributed by atoms with Crippen LogP contribution in [0.25, 0.3) is 0 Å². The van der Waals surface area contributed by atoms with E-state index in [1.54, 1.807) is 0 Å². The second kappa shape index (κ2) is 4.67. The van der Waals surface area contributed by atoms with Crippen LogP contribution in [0.3, 0.4) is 0 Å². The highest BCUT2D eigenvalue weighted by Gasteiger charge is 2.37. The van der Waals surface area contributed by atoms with Crippen LogP contribution in [0.5, 0.6) is 0 Å². The molecule has 0 unspecified atom stereocenters. The fourth-order valence-electron chi connectivity index (χ4n) is 2.70. The van der Waals surface area contributed by atoms with Crippen LogP contribution in [0, 0.1) is 6.92 Å². The molecular formula is C16H24O2. The average molecular weight is 248 g/mol. The third kappa shape index (κ3) is 2.32. The third-order valence-corrected chi connectivity index (χ3v) is 3.70. The number of hydrogen-bond donors (Lipinski definition) is 0. The van der Waals surface area contributed by atoms with E-state index < -0.39 is 5.79 Å². The van der Waals surface area contributed by atoms with Crippen LogP contribution in [-0.4, -0.2) is 13.2 Å². The molecule has 0 bridgehead atoms. The SMILES string of the molecule is CCC1(c2ccc(C)c(C(C)(C)C)c2)OCCO1. The lowest BCUT2D eigenvalue weighted by molar-refractivity contribution is -0.167. The molecule has 0 radical (unpaired) electrons. The maximum absolute atomic E-state index is 5.86. The summed E-state index contributed by atoms with van der Waals surface area (Å²) in [6.07, 6.45) is 0.847. The van der Waals surface area contributed by atoms with Gasteiger partial charge in [0.1, 0.15) is 0 Å². The van der Waals surface area contributed by atoms with Crippen molar-refractivity contribution in [3.8, 4) is 0 Å². The Morgan fingerprint density at radius 2 is 1.78 bits per heavy atom. The van der Waals surface area contributed by atoms with Gasteiger partial charge in [-0.3, -0.25) is 0 Å². The van der Waals surface area contributed by atoms with Crippen molar-refractivity contribution in [1.29, 1.82) is 0 Å². The van der Waals surface area contributed by atoms with Crippen molar-refractivity contribution in [1.82, 2.24) is 0 Å². The molecule has 0 amide bonds. The van der Waals surface area contributed by atoms with Crippen molar-refractivity contribution in [3.05, 3.63) is 34.9 Å². The summed E-state index contributed by atoms with van der Waals surface area (Å²) in [5.41, 5.74) is 3.99. The first kappa shape index (κ1) is 13.6. The summed E-state index contributed by atoms with van der Waals surface area (Å²) in [6.45, 7) is 12.4. The van der Waals surface area contributed by atoms with Gasteiger partial charge in [-0.15, -0.1) is 0 Å². The van der Waals surface area contributed by atoms with Gasteiger partial charge < -0.3 is 9.47 Å². The molecule has 0 atom stereocenters. The Kier molecular flexibility index (Phi) is 3.52. The molecule has 1 aliphatic heterocycles. The second-order valence-corrected chi connectivity index (χ2v) is 6.08. The normalized spacial score (nSPS) is 19.2. The molecule has 0 saturated carbocycles. The Hall–Kier alpha value is -0.860. The van der Waals surface area contributed by atoms with Gasteiger partial charge in [-0.05, 0) is 29.5 Å². The minimum absolute atomic E-state index is 0.146. The van der Waals surface area contributed by atoms with Crippen LogP contribution in [-0.2, 0) is 20.7 Å². The van der Waals surface area contributed by atoms with Crippen LogP contribution in [0.4, 0.5) is 0 Å². The molecule has 1 aliphatic rings. The van der Waals surface area contributed by atoms with Gasteiger partial charge in [0.25, 0.3) is 0 Å². The van der Waals surface area contributed by atoms with E-state index in [4.69, 9.17) is 9.47 Å². The van der Waals surface area contributed by atoms with E-state index in [1.807, 2.05) is 0 Å². The van der Waals surface area contributed by atoms with Gasteiger partial charge in [0, 0.05) is 12.0 Å². The zero-order chi connectivity index (χ0) is 13.4. The highest BCUT2D eigenvalue weighted by atomic mass is 16.7. The van der Waals surface area contributed by atoms with Crippen LogP contribution in [0.1, 0.15) is 50.8 Å². The minimum atomic E-state index is -0.520. The molecule has 2 heteroatoms. The maximum Gasteiger partial charge on any atom is 0.194 e. The molecule has 2 rings (SSSR count). The summed E-state index contributed by atoms with van der Waals surface area (Å²) in [5.74, 6) is -0.520. The molecular weight excluding hydrogens is 224 g/mol. The fourth-order valence-corrected chi connectivity index (χ4v) is 2.70. The topological polar surface area (TPSA) is 18.5 Å². The third-order valence-electron chi connectivity index (χ3n) is 3.70. The molecule has 18 heavy (non-hydrogen) atoms. The van der Waals surface area contributed by atoms with Crippen LogP contribution in [0.15, 0.2) is 18.2 Å². The molecule has 0 aromatic heterocycles. The van der Waals surface area contributed by atoms with E-state index in [0.29, 0.717) is 13.2 Å². The molecule has 1 aromatic rings. The van der Waals surface area contributed by atoms with Gasteiger partial charge in [-0.2, -0.15) is 0 Å². The second-order valence-electron chi connectivity index (χ2n) is 6.08. The molecule has 0 N–H and O–H groups in total. The van der Waals surface area contributed by atoms with Gasteiger partial charge in [0.05, 0.1) is 13.2 Å². The quantitative estimate of drug-likeness (QED) is 0.790. The highest BCUT2D eigenvalue weighted by molar-refractivity contribution is 5.37. The Labute approximate surface area is 110 Å². The van der Waals surface area contributed by atoms with E-state index in [0.717, 1.165) is 12.0 Å². The number of rotatable bonds is 2. The van der Waals surface area contributed by atoms with Crippen molar-refractivity contribution in [2.24, 2.45) is 0 Å². The first-order valence-corrected chi connectivity index (χ1v) is 6.78. The average Bonchev–Trinajstić information content (AvgIpc) is 2.78. The molecule has 1 fully saturated rings. The van der Waals surface area contributed by atoms with E-state index in [9.17, 15) is 0 Å². The summed E-state index contributed by atoms with van der Waals surface area (Å²) in [7, 11) is 0. The lowest BCUT2D eigenvalue weighted by Crippen LogP contribution is -2.27. The molecule has 100 valence electrons. The molecule has 2 nitrogen and oxygen atoms in total. The number of ether oxygens (including phenoxy) is 2. The van der Waals surface area contributed by atoms with Crippen molar-refractivity contribution >= 4 is 0 Å². The Morgan fingerprint density at radius 1 is 1.17 bits per heavy atom. The van der Waals surface area contributed by atoms with Gasteiger partial charge in [0.2, 0.25) is 0 Å². The molecule has 1 aromatic carbocycles. The number of benzene rings is 1. The molecule has 0 aliphatic carbocycles. The smallest absolute Gasteiger partial charge is 0.194 e. The minimum Gasteiger partial charge on any atom is -0.343 e. The van der Waals surface area contributed by atoms with Gasteiger partial charge in [-0.1, -0.05) is 39.8 Å². The first-order valence-electron chi connectivity index (χ1n) is 6.78. The molecule has 1 heterocycles. The summed E-state index contributed by atoms with van der Waals surface area (Å²) >= 11 is 0. The van der Waals surface area contributed by atoms with Crippen molar-refractivity contribution in [2.45, 2.75) is 52.2 Å². The van der Waals surface area contributed by atoms with Crippen LogP contribution < -0.4 is 0 Å². The first-order chi connectivity index (χ1) is 8.39. The fraction of sp³-hybridized carbons (Fsp3) is 0.625. The standard InChI is InChI=1S/C16H24O2/c1-6-16(17-9-10-18-16)13-8-7-12(2)14(11-13)15(3,4)5/h7-8,11H,6,9-10H2,1-5H3. The van der Waals surface area contributed by atoms with Gasteiger partial charge in [0.15, 0.2) is 5.79 Å². The van der Waals surface area contributed by atoms with Crippen molar-refractivity contribution in [2.75, 3.05) is 13.2 Å². The maximum atomic E-state index is 5.86. The highest BCUT2D eigenvalue weighted by Crippen LogP contribution is 2.37. The van der Waals surface area contributed by atoms with E-state index in [1.165, 1.54) is 11.1 Å². The van der Waals surface area contributed by atoms with Crippen molar-refractivity contribution in [3.63, 3.8) is 0 Å². The monoisotopic (exact) mass is 248 g/mol. The van der Waals surface area contributed by atoms with Gasteiger partial charge in [-0.25, -0.2) is 0 Å². The Morgan fingerprint density at radius 3 is 2.28 bits per heavy atom. The number of aryl methyl sites for hydroxylation is 1. The summed E-state index contributed by atoms with van der Waals surface area (Å²) in [4.78, 5) is 0. The molecule has 0 spiro atoms. The van der Waals surface area contributed by atoms with Crippen LogP contribution in [0.2, 0.25) is 0 Å². The summed E-state index contributed by atoms with van der Waals surface area (Å²) < 4.78 is 11.7. The largest absolute Gasteiger partial charge is 0.343 e. The van der Waals surface area contributed by atoms with E-state index in [2.05, 4.69) is 52.8 Å². The zero-order valence-corrected chi connectivity index (χ0v) is 12.2. The van der Waals surface area contributed by atoms with Gasteiger partial charge >= 0.3 is 0 Å². The van der Waals surface area contributed by atoms with Crippen molar-refractivity contribution < 1.29 is 9.47 Å². The summed E-state index contributed by atoms with van der Waals surface area (Å²) in [6, 6.07) is 6.57.